The molecule has 0 radical (unpaired) electrons. The standard InChI is InChI=1S/C16H18N6O2.ClH/c1-23-13-6-2-4-11(8-13)14-19-16(24-21-14)15-18-10-22(20-15)12-5-3-7-17-9-12;/h2,4,6,8,10,12,17H,3,5,7,9H2,1H3;1H. The van der Waals surface area contributed by atoms with Gasteiger partial charge in [0.05, 0.1) is 13.2 Å². The Balaban J connectivity index is 0.00000182. The van der Waals surface area contributed by atoms with Gasteiger partial charge in [-0.1, -0.05) is 17.3 Å². The molecule has 1 atom stereocenters. The molecule has 1 fully saturated rings. The molecule has 0 aliphatic carbocycles. The quantitative estimate of drug-likeness (QED) is 0.761. The van der Waals surface area contributed by atoms with Gasteiger partial charge < -0.3 is 14.6 Å². The molecule has 1 unspecified atom stereocenters. The van der Waals surface area contributed by atoms with Gasteiger partial charge in [0.2, 0.25) is 11.6 Å². The van der Waals surface area contributed by atoms with Crippen LogP contribution >= 0.6 is 12.4 Å². The van der Waals surface area contributed by atoms with E-state index in [-0.39, 0.29) is 12.4 Å². The van der Waals surface area contributed by atoms with Gasteiger partial charge in [-0.15, -0.1) is 17.5 Å². The van der Waals surface area contributed by atoms with E-state index in [1.165, 1.54) is 0 Å². The number of aromatic nitrogens is 5. The molecule has 1 aliphatic rings. The van der Waals surface area contributed by atoms with Crippen molar-refractivity contribution in [3.8, 4) is 28.9 Å². The molecule has 25 heavy (non-hydrogen) atoms. The highest BCUT2D eigenvalue weighted by Crippen LogP contribution is 2.24. The van der Waals surface area contributed by atoms with Crippen molar-refractivity contribution in [3.05, 3.63) is 30.6 Å². The van der Waals surface area contributed by atoms with Crippen LogP contribution in [0.4, 0.5) is 0 Å². The molecule has 132 valence electrons. The van der Waals surface area contributed by atoms with Gasteiger partial charge in [0, 0.05) is 12.1 Å². The second-order valence-electron chi connectivity index (χ2n) is 5.70. The molecule has 0 bridgehead atoms. The maximum Gasteiger partial charge on any atom is 0.297 e. The molecule has 4 rings (SSSR count). The lowest BCUT2D eigenvalue weighted by Crippen LogP contribution is -2.31. The lowest BCUT2D eigenvalue weighted by Gasteiger charge is -2.22. The Labute approximate surface area is 151 Å². The summed E-state index contributed by atoms with van der Waals surface area (Å²) in [6, 6.07) is 7.82. The molecule has 2 aromatic heterocycles. The zero-order valence-corrected chi connectivity index (χ0v) is 14.6. The summed E-state index contributed by atoms with van der Waals surface area (Å²) >= 11 is 0. The van der Waals surface area contributed by atoms with Crippen LogP contribution in [0.5, 0.6) is 5.75 Å². The van der Waals surface area contributed by atoms with Crippen molar-refractivity contribution in [3.63, 3.8) is 0 Å². The number of piperidine rings is 1. The van der Waals surface area contributed by atoms with Gasteiger partial charge in [0.25, 0.3) is 5.89 Å². The average Bonchev–Trinajstić information content (AvgIpc) is 3.32. The topological polar surface area (TPSA) is 90.9 Å². The Bertz CT molecular complexity index is 827. The Morgan fingerprint density at radius 3 is 3.04 bits per heavy atom. The summed E-state index contributed by atoms with van der Waals surface area (Å²) in [5.41, 5.74) is 0.820. The highest BCUT2D eigenvalue weighted by atomic mass is 35.5. The molecule has 8 nitrogen and oxygen atoms in total. The SMILES string of the molecule is COc1cccc(-c2noc(-c3ncn(C4CCCNC4)n3)n2)c1.Cl. The van der Waals surface area contributed by atoms with E-state index in [2.05, 4.69) is 25.5 Å². The molecular weight excluding hydrogens is 344 g/mol. The van der Waals surface area contributed by atoms with E-state index in [4.69, 9.17) is 9.26 Å². The third kappa shape index (κ3) is 3.64. The Kier molecular flexibility index (Phi) is 5.30. The summed E-state index contributed by atoms with van der Waals surface area (Å²) in [5, 5.41) is 11.9. The van der Waals surface area contributed by atoms with Gasteiger partial charge in [-0.2, -0.15) is 4.98 Å². The number of methoxy groups -OCH3 is 1. The van der Waals surface area contributed by atoms with E-state index in [0.717, 1.165) is 37.2 Å². The van der Waals surface area contributed by atoms with Crippen molar-refractivity contribution < 1.29 is 9.26 Å². The van der Waals surface area contributed by atoms with E-state index in [1.807, 2.05) is 28.9 Å². The molecule has 3 aromatic rings. The number of benzene rings is 1. The fraction of sp³-hybridized carbons (Fsp3) is 0.375. The lowest BCUT2D eigenvalue weighted by atomic mass is 10.1. The zero-order valence-electron chi connectivity index (χ0n) is 13.8. The summed E-state index contributed by atoms with van der Waals surface area (Å²) in [4.78, 5) is 8.70. The molecule has 1 aliphatic heterocycles. The summed E-state index contributed by atoms with van der Waals surface area (Å²) in [7, 11) is 1.62. The molecule has 0 amide bonds. The molecular formula is C16H19ClN6O2. The second kappa shape index (κ2) is 7.62. The van der Waals surface area contributed by atoms with Crippen LogP contribution in [0.1, 0.15) is 18.9 Å². The van der Waals surface area contributed by atoms with Crippen molar-refractivity contribution >= 4 is 12.4 Å². The van der Waals surface area contributed by atoms with Crippen LogP contribution in [0.15, 0.2) is 35.1 Å². The third-order valence-corrected chi connectivity index (χ3v) is 4.10. The van der Waals surface area contributed by atoms with Crippen molar-refractivity contribution in [2.24, 2.45) is 0 Å². The second-order valence-corrected chi connectivity index (χ2v) is 5.70. The Morgan fingerprint density at radius 1 is 1.32 bits per heavy atom. The van der Waals surface area contributed by atoms with Crippen molar-refractivity contribution in [1.82, 2.24) is 30.2 Å². The van der Waals surface area contributed by atoms with Gasteiger partial charge >= 0.3 is 0 Å². The molecule has 1 saturated heterocycles. The molecule has 0 saturated carbocycles. The van der Waals surface area contributed by atoms with Crippen LogP contribution in [0.25, 0.3) is 23.1 Å². The molecule has 1 N–H and O–H groups in total. The molecule has 9 heteroatoms. The minimum Gasteiger partial charge on any atom is -0.497 e. The van der Waals surface area contributed by atoms with Crippen LogP contribution in [0.2, 0.25) is 0 Å². The number of halogens is 1. The summed E-state index contributed by atoms with van der Waals surface area (Å²) < 4.78 is 12.4. The smallest absolute Gasteiger partial charge is 0.297 e. The first kappa shape index (κ1) is 17.4. The lowest BCUT2D eigenvalue weighted by molar-refractivity contribution is 0.345. The molecule has 0 spiro atoms. The maximum atomic E-state index is 5.32. The van der Waals surface area contributed by atoms with E-state index in [1.54, 1.807) is 13.4 Å². The number of ether oxygens (including phenoxy) is 1. The normalized spacial score (nSPS) is 17.1. The van der Waals surface area contributed by atoms with E-state index in [9.17, 15) is 0 Å². The van der Waals surface area contributed by atoms with Crippen molar-refractivity contribution in [2.75, 3.05) is 20.2 Å². The third-order valence-electron chi connectivity index (χ3n) is 4.10. The first-order chi connectivity index (χ1) is 11.8. The van der Waals surface area contributed by atoms with Gasteiger partial charge in [-0.3, -0.25) is 0 Å². The van der Waals surface area contributed by atoms with Gasteiger partial charge in [0.1, 0.15) is 12.1 Å². The summed E-state index contributed by atoms with van der Waals surface area (Å²) in [5.74, 6) is 1.99. The van der Waals surface area contributed by atoms with Crippen molar-refractivity contribution in [2.45, 2.75) is 18.9 Å². The number of nitrogens with zero attached hydrogens (tertiary/aromatic N) is 5. The predicted molar refractivity (Wildman–Crippen MR) is 93.7 cm³/mol. The van der Waals surface area contributed by atoms with E-state index >= 15 is 0 Å². The monoisotopic (exact) mass is 362 g/mol. The summed E-state index contributed by atoms with van der Waals surface area (Å²) in [6.45, 7) is 1.97. The van der Waals surface area contributed by atoms with Crippen LogP contribution < -0.4 is 10.1 Å². The minimum atomic E-state index is 0. The Morgan fingerprint density at radius 2 is 2.24 bits per heavy atom. The number of hydrogen-bond acceptors (Lipinski definition) is 7. The van der Waals surface area contributed by atoms with Crippen LogP contribution in [-0.4, -0.2) is 45.1 Å². The van der Waals surface area contributed by atoms with Crippen LogP contribution in [0, 0.1) is 0 Å². The van der Waals surface area contributed by atoms with E-state index < -0.39 is 0 Å². The fourth-order valence-corrected chi connectivity index (χ4v) is 2.80. The predicted octanol–water partition coefficient (Wildman–Crippen LogP) is 2.35. The van der Waals surface area contributed by atoms with Gasteiger partial charge in [-0.25, -0.2) is 9.67 Å². The number of rotatable bonds is 4. The maximum absolute atomic E-state index is 5.32. The highest BCUT2D eigenvalue weighted by molar-refractivity contribution is 5.85. The number of hydrogen-bond donors (Lipinski definition) is 1. The van der Waals surface area contributed by atoms with Gasteiger partial charge in [0.15, 0.2) is 0 Å². The fourth-order valence-electron chi connectivity index (χ4n) is 2.80. The van der Waals surface area contributed by atoms with Crippen LogP contribution in [0.3, 0.4) is 0 Å². The average molecular weight is 363 g/mol. The Hall–Kier alpha value is -2.45. The molecule has 1 aromatic carbocycles. The van der Waals surface area contributed by atoms with Gasteiger partial charge in [-0.05, 0) is 31.5 Å². The summed E-state index contributed by atoms with van der Waals surface area (Å²) in [6.07, 6.45) is 3.96. The first-order valence-corrected chi connectivity index (χ1v) is 7.94. The number of nitrogens with one attached hydrogen (secondary N) is 1. The van der Waals surface area contributed by atoms with Crippen molar-refractivity contribution in [1.29, 1.82) is 0 Å². The van der Waals surface area contributed by atoms with E-state index in [0.29, 0.717) is 23.6 Å². The largest absolute Gasteiger partial charge is 0.497 e. The molecule has 3 heterocycles. The minimum absolute atomic E-state index is 0. The zero-order chi connectivity index (χ0) is 16.4. The first-order valence-electron chi connectivity index (χ1n) is 7.94. The highest BCUT2D eigenvalue weighted by Gasteiger charge is 2.19. The van der Waals surface area contributed by atoms with Crippen LogP contribution in [-0.2, 0) is 0 Å².